The predicted molar refractivity (Wildman–Crippen MR) is 125 cm³/mol. The summed E-state index contributed by atoms with van der Waals surface area (Å²) in [7, 11) is 1.68. The van der Waals surface area contributed by atoms with Crippen molar-refractivity contribution in [2.45, 2.75) is 51.1 Å². The minimum atomic E-state index is -0.0870. The van der Waals surface area contributed by atoms with Crippen molar-refractivity contribution in [2.24, 2.45) is 5.92 Å². The van der Waals surface area contributed by atoms with Crippen molar-refractivity contribution in [3.63, 3.8) is 0 Å². The first kappa shape index (κ1) is 20.9. The molecule has 30 heavy (non-hydrogen) atoms. The second-order valence-corrected chi connectivity index (χ2v) is 9.38. The molecule has 1 saturated carbocycles. The molecule has 1 aliphatic carbocycles. The van der Waals surface area contributed by atoms with Crippen LogP contribution in [0.25, 0.3) is 6.08 Å². The fraction of sp³-hybridized carbons (Fsp3) is 0.400. The normalized spacial score (nSPS) is 25.6. The molecule has 4 rings (SSSR count). The molecule has 1 heterocycles. The van der Waals surface area contributed by atoms with Gasteiger partial charge < -0.3 is 15.0 Å². The summed E-state index contributed by atoms with van der Waals surface area (Å²) in [5, 5.41) is 3.59. The van der Waals surface area contributed by atoms with E-state index in [2.05, 4.69) is 35.3 Å². The first-order valence-corrected chi connectivity index (χ1v) is 11.6. The van der Waals surface area contributed by atoms with Crippen molar-refractivity contribution in [1.29, 1.82) is 0 Å². The topological polar surface area (TPSA) is 41.6 Å². The molecule has 4 nitrogen and oxygen atoms in total. The largest absolute Gasteiger partial charge is 0.496 e. The lowest BCUT2D eigenvalue weighted by molar-refractivity contribution is -0.129. The lowest BCUT2D eigenvalue weighted by Crippen LogP contribution is -2.48. The Labute approximate surface area is 183 Å². The molecule has 158 valence electrons. The van der Waals surface area contributed by atoms with E-state index in [1.807, 2.05) is 43.3 Å². The number of carbonyl (C=O) groups excluding carboxylic acids is 1. The SMILES string of the molecule is COc1ccc(/C=C2\SC(Nc3ccccc3)N([C@H]3CCCC[C@@H]3C)C2=O)cc1C. The number of hydrogen-bond acceptors (Lipinski definition) is 4. The number of nitrogens with zero attached hydrogens (tertiary/aromatic N) is 1. The summed E-state index contributed by atoms with van der Waals surface area (Å²) in [5.74, 6) is 1.52. The van der Waals surface area contributed by atoms with Gasteiger partial charge in [-0.25, -0.2) is 0 Å². The summed E-state index contributed by atoms with van der Waals surface area (Å²) < 4.78 is 5.37. The molecule has 1 unspecified atom stereocenters. The Bertz CT molecular complexity index is 928. The van der Waals surface area contributed by atoms with Crippen LogP contribution in [0.1, 0.15) is 43.7 Å². The zero-order chi connectivity index (χ0) is 21.1. The summed E-state index contributed by atoms with van der Waals surface area (Å²) >= 11 is 1.62. The summed E-state index contributed by atoms with van der Waals surface area (Å²) in [4.78, 5) is 16.4. The highest BCUT2D eigenvalue weighted by atomic mass is 32.2. The molecule has 0 spiro atoms. The molecular formula is C25H30N2O2S. The first-order valence-electron chi connectivity index (χ1n) is 10.7. The van der Waals surface area contributed by atoms with Gasteiger partial charge in [-0.2, -0.15) is 0 Å². The molecule has 0 radical (unpaired) electrons. The minimum Gasteiger partial charge on any atom is -0.496 e. The molecule has 2 aromatic rings. The van der Waals surface area contributed by atoms with Gasteiger partial charge >= 0.3 is 0 Å². The molecule has 3 atom stereocenters. The molecule has 0 aromatic heterocycles. The van der Waals surface area contributed by atoms with E-state index in [4.69, 9.17) is 4.74 Å². The highest BCUT2D eigenvalue weighted by Gasteiger charge is 2.42. The zero-order valence-electron chi connectivity index (χ0n) is 17.9. The van der Waals surface area contributed by atoms with Crippen LogP contribution in [0.5, 0.6) is 5.75 Å². The number of rotatable bonds is 5. The fourth-order valence-electron chi connectivity index (χ4n) is 4.51. The second-order valence-electron chi connectivity index (χ2n) is 8.26. The molecule has 2 fully saturated rings. The number of para-hydroxylation sites is 1. The maximum atomic E-state index is 13.5. The Hall–Kier alpha value is -2.40. The van der Waals surface area contributed by atoms with Crippen LogP contribution in [0.3, 0.4) is 0 Å². The fourth-order valence-corrected chi connectivity index (χ4v) is 5.72. The molecule has 2 aromatic carbocycles. The minimum absolute atomic E-state index is 0.0870. The Balaban J connectivity index is 1.64. The smallest absolute Gasteiger partial charge is 0.262 e. The van der Waals surface area contributed by atoms with E-state index in [0.717, 1.165) is 33.9 Å². The third-order valence-electron chi connectivity index (χ3n) is 6.14. The Morgan fingerprint density at radius 3 is 2.60 bits per heavy atom. The van der Waals surface area contributed by atoms with Gasteiger partial charge in [-0.05, 0) is 67.2 Å². The standard InChI is InChI=1S/C25H30N2O2S/c1-17-9-7-8-12-21(17)27-24(28)23(16-19-13-14-22(29-3)18(2)15-19)30-25(27)26-20-10-5-4-6-11-20/h4-6,10-11,13-17,21,25-26H,7-9,12H2,1-3H3/b23-16-/t17-,21-,25?/m0/s1. The first-order chi connectivity index (χ1) is 14.6. The lowest BCUT2D eigenvalue weighted by atomic mass is 9.85. The van der Waals surface area contributed by atoms with Gasteiger partial charge in [-0.1, -0.05) is 55.8 Å². The summed E-state index contributed by atoms with van der Waals surface area (Å²) in [6.45, 7) is 4.32. The van der Waals surface area contributed by atoms with Crippen LogP contribution < -0.4 is 10.1 Å². The lowest BCUT2D eigenvalue weighted by Gasteiger charge is -2.39. The second kappa shape index (κ2) is 9.17. The third-order valence-corrected chi connectivity index (χ3v) is 7.26. The van der Waals surface area contributed by atoms with Gasteiger partial charge in [0.25, 0.3) is 5.91 Å². The zero-order valence-corrected chi connectivity index (χ0v) is 18.7. The Morgan fingerprint density at radius 2 is 1.90 bits per heavy atom. The molecule has 1 amide bonds. The van der Waals surface area contributed by atoms with Gasteiger partial charge in [0.2, 0.25) is 0 Å². The number of nitrogens with one attached hydrogen (secondary N) is 1. The molecule has 5 heteroatoms. The van der Waals surface area contributed by atoms with Gasteiger partial charge in [0.05, 0.1) is 12.0 Å². The van der Waals surface area contributed by atoms with Crippen LogP contribution in [-0.2, 0) is 4.79 Å². The van der Waals surface area contributed by atoms with Crippen molar-refractivity contribution in [3.05, 3.63) is 64.6 Å². The van der Waals surface area contributed by atoms with Gasteiger partial charge in [-0.3, -0.25) is 4.79 Å². The van der Waals surface area contributed by atoms with E-state index in [1.54, 1.807) is 18.9 Å². The molecule has 2 aliphatic rings. The average molecular weight is 423 g/mol. The van der Waals surface area contributed by atoms with Crippen LogP contribution >= 0.6 is 11.8 Å². The quantitative estimate of drug-likeness (QED) is 0.610. The van der Waals surface area contributed by atoms with Crippen LogP contribution in [0, 0.1) is 12.8 Å². The number of carbonyl (C=O) groups is 1. The Morgan fingerprint density at radius 1 is 1.13 bits per heavy atom. The van der Waals surface area contributed by atoms with E-state index in [1.165, 1.54) is 19.3 Å². The van der Waals surface area contributed by atoms with Crippen LogP contribution in [0.4, 0.5) is 5.69 Å². The molecule has 1 saturated heterocycles. The van der Waals surface area contributed by atoms with Crippen LogP contribution in [0.15, 0.2) is 53.4 Å². The maximum Gasteiger partial charge on any atom is 0.262 e. The van der Waals surface area contributed by atoms with E-state index in [9.17, 15) is 4.79 Å². The van der Waals surface area contributed by atoms with Gasteiger partial charge in [-0.15, -0.1) is 0 Å². The van der Waals surface area contributed by atoms with Gasteiger partial charge in [0.15, 0.2) is 5.50 Å². The van der Waals surface area contributed by atoms with Crippen molar-refractivity contribution >= 4 is 29.4 Å². The summed E-state index contributed by atoms with van der Waals surface area (Å²) in [5.41, 5.74) is 3.05. The number of methoxy groups -OCH3 is 1. The summed E-state index contributed by atoms with van der Waals surface area (Å²) in [6, 6.07) is 16.5. The number of thioether (sulfide) groups is 1. The van der Waals surface area contributed by atoms with Crippen molar-refractivity contribution in [2.75, 3.05) is 12.4 Å². The summed E-state index contributed by atoms with van der Waals surface area (Å²) in [6.07, 6.45) is 6.74. The van der Waals surface area contributed by atoms with Crippen molar-refractivity contribution < 1.29 is 9.53 Å². The number of ether oxygens (including phenoxy) is 1. The van der Waals surface area contributed by atoms with Crippen molar-refractivity contribution in [3.8, 4) is 5.75 Å². The average Bonchev–Trinajstić information content (AvgIpc) is 3.04. The van der Waals surface area contributed by atoms with E-state index in [0.29, 0.717) is 5.92 Å². The number of amides is 1. The highest BCUT2D eigenvalue weighted by molar-refractivity contribution is 8.05. The van der Waals surface area contributed by atoms with Gasteiger partial charge in [0.1, 0.15) is 5.75 Å². The molecule has 1 aliphatic heterocycles. The monoisotopic (exact) mass is 422 g/mol. The van der Waals surface area contributed by atoms with Crippen LogP contribution in [-0.4, -0.2) is 29.5 Å². The van der Waals surface area contributed by atoms with E-state index >= 15 is 0 Å². The predicted octanol–water partition coefficient (Wildman–Crippen LogP) is 5.89. The number of hydrogen-bond donors (Lipinski definition) is 1. The molecule has 0 bridgehead atoms. The molecular weight excluding hydrogens is 392 g/mol. The van der Waals surface area contributed by atoms with E-state index < -0.39 is 0 Å². The number of anilines is 1. The third kappa shape index (κ3) is 4.36. The van der Waals surface area contributed by atoms with Crippen LogP contribution in [0.2, 0.25) is 0 Å². The number of aryl methyl sites for hydroxylation is 1. The maximum absolute atomic E-state index is 13.5. The Kier molecular flexibility index (Phi) is 6.38. The van der Waals surface area contributed by atoms with E-state index in [-0.39, 0.29) is 17.4 Å². The van der Waals surface area contributed by atoms with Gasteiger partial charge in [0, 0.05) is 11.7 Å². The molecule has 1 N–H and O–H groups in total. The van der Waals surface area contributed by atoms with Crippen molar-refractivity contribution in [1.82, 2.24) is 4.90 Å². The number of benzene rings is 2. The highest BCUT2D eigenvalue weighted by Crippen LogP contribution is 2.42.